The van der Waals surface area contributed by atoms with Gasteiger partial charge in [-0.1, -0.05) is 41.9 Å². The van der Waals surface area contributed by atoms with Crippen molar-refractivity contribution in [3.05, 3.63) is 88.4 Å². The summed E-state index contributed by atoms with van der Waals surface area (Å²) in [6.45, 7) is 0.318. The van der Waals surface area contributed by atoms with E-state index in [9.17, 15) is 9.59 Å². The van der Waals surface area contributed by atoms with Crippen molar-refractivity contribution in [3.63, 3.8) is 0 Å². The summed E-state index contributed by atoms with van der Waals surface area (Å²) in [6, 6.07) is 18.6. The van der Waals surface area contributed by atoms with Crippen molar-refractivity contribution >= 4 is 23.5 Å². The Morgan fingerprint density at radius 1 is 0.867 bits per heavy atom. The Labute approximate surface area is 179 Å². The van der Waals surface area contributed by atoms with Gasteiger partial charge in [0, 0.05) is 23.7 Å². The average molecular weight is 426 g/mol. The van der Waals surface area contributed by atoms with E-state index in [0.29, 0.717) is 28.6 Å². The number of amides is 1. The molecule has 0 saturated heterocycles. The van der Waals surface area contributed by atoms with Crippen molar-refractivity contribution in [1.82, 2.24) is 5.32 Å². The summed E-state index contributed by atoms with van der Waals surface area (Å²) in [4.78, 5) is 25.4. The maximum Gasteiger partial charge on any atom is 0.343 e. The van der Waals surface area contributed by atoms with Gasteiger partial charge < -0.3 is 19.5 Å². The Kier molecular flexibility index (Phi) is 6.93. The molecule has 3 rings (SSSR count). The number of methoxy groups -OCH3 is 2. The third-order valence-electron chi connectivity index (χ3n) is 4.31. The highest BCUT2D eigenvalue weighted by atomic mass is 35.5. The highest BCUT2D eigenvalue weighted by Gasteiger charge is 2.21. The number of esters is 1. The van der Waals surface area contributed by atoms with Gasteiger partial charge in [-0.3, -0.25) is 4.79 Å². The molecule has 0 unspecified atom stereocenters. The minimum atomic E-state index is -0.629. The maximum absolute atomic E-state index is 12.9. The lowest BCUT2D eigenvalue weighted by Gasteiger charge is -2.15. The van der Waals surface area contributed by atoms with Crippen molar-refractivity contribution in [2.45, 2.75) is 6.54 Å². The quantitative estimate of drug-likeness (QED) is 0.445. The summed E-state index contributed by atoms with van der Waals surface area (Å²) in [5.74, 6) is -0.322. The zero-order valence-electron chi connectivity index (χ0n) is 16.5. The first kappa shape index (κ1) is 21.2. The topological polar surface area (TPSA) is 73.9 Å². The molecule has 3 aromatic rings. The fraction of sp³-hybridized carbons (Fsp3) is 0.130. The molecule has 0 aromatic heterocycles. The van der Waals surface area contributed by atoms with Gasteiger partial charge in [0.25, 0.3) is 5.91 Å². The summed E-state index contributed by atoms with van der Waals surface area (Å²) >= 11 is 5.87. The van der Waals surface area contributed by atoms with E-state index in [-0.39, 0.29) is 11.3 Å². The maximum atomic E-state index is 12.9. The molecular weight excluding hydrogens is 406 g/mol. The lowest BCUT2D eigenvalue weighted by molar-refractivity contribution is 0.0731. The first-order valence-corrected chi connectivity index (χ1v) is 9.45. The molecule has 0 radical (unpaired) electrons. The molecular formula is C23H20ClNO5. The monoisotopic (exact) mass is 425 g/mol. The Balaban J connectivity index is 1.88. The van der Waals surface area contributed by atoms with Crippen molar-refractivity contribution in [1.29, 1.82) is 0 Å². The second-order valence-electron chi connectivity index (χ2n) is 6.27. The molecule has 1 amide bonds. The largest absolute Gasteiger partial charge is 0.493 e. The van der Waals surface area contributed by atoms with Gasteiger partial charge in [-0.15, -0.1) is 0 Å². The average Bonchev–Trinajstić information content (AvgIpc) is 2.78. The third-order valence-corrected chi connectivity index (χ3v) is 4.56. The predicted molar refractivity (Wildman–Crippen MR) is 114 cm³/mol. The summed E-state index contributed by atoms with van der Waals surface area (Å²) in [7, 11) is 2.92. The van der Waals surface area contributed by atoms with Crippen molar-refractivity contribution < 1.29 is 23.8 Å². The molecule has 0 aliphatic rings. The van der Waals surface area contributed by atoms with E-state index in [0.717, 1.165) is 5.56 Å². The minimum absolute atomic E-state index is 0.0539. The zero-order chi connectivity index (χ0) is 21.5. The van der Waals surface area contributed by atoms with Crippen molar-refractivity contribution in [2.75, 3.05) is 14.2 Å². The molecule has 0 aliphatic carbocycles. The highest BCUT2D eigenvalue weighted by Crippen LogP contribution is 2.35. The summed E-state index contributed by atoms with van der Waals surface area (Å²) < 4.78 is 16.1. The number of hydrogen-bond acceptors (Lipinski definition) is 5. The van der Waals surface area contributed by atoms with Gasteiger partial charge in [-0.05, 0) is 29.8 Å². The zero-order valence-corrected chi connectivity index (χ0v) is 17.2. The number of carbonyl (C=O) groups is 2. The Morgan fingerprint density at radius 2 is 1.50 bits per heavy atom. The molecule has 154 valence electrons. The molecule has 0 bridgehead atoms. The molecule has 0 aliphatic heterocycles. The summed E-state index contributed by atoms with van der Waals surface area (Å²) in [6.07, 6.45) is 0. The molecule has 0 saturated carbocycles. The SMILES string of the molecule is COc1cc(OC(=O)c2ccc(Cl)cc2)c(C(=O)NCc2ccccc2)cc1OC. The number of rotatable bonds is 7. The van der Waals surface area contributed by atoms with E-state index < -0.39 is 11.9 Å². The Bertz CT molecular complexity index is 1040. The van der Waals surface area contributed by atoms with Crippen molar-refractivity contribution in [3.8, 4) is 17.2 Å². The van der Waals surface area contributed by atoms with Crippen LogP contribution in [0.15, 0.2) is 66.7 Å². The number of halogens is 1. The number of nitrogens with one attached hydrogen (secondary N) is 1. The Hall–Kier alpha value is -3.51. The molecule has 0 fully saturated rings. The second kappa shape index (κ2) is 9.80. The molecule has 30 heavy (non-hydrogen) atoms. The van der Waals surface area contributed by atoms with Crippen LogP contribution in [0.4, 0.5) is 0 Å². The van der Waals surface area contributed by atoms with Gasteiger partial charge in [0.2, 0.25) is 0 Å². The van der Waals surface area contributed by atoms with Crippen LogP contribution in [0.5, 0.6) is 17.2 Å². The van der Waals surface area contributed by atoms with Crippen LogP contribution in [0.1, 0.15) is 26.3 Å². The van der Waals surface area contributed by atoms with Crippen LogP contribution < -0.4 is 19.5 Å². The standard InChI is InChI=1S/C23H20ClNO5/c1-28-20-12-18(22(26)25-14-15-6-4-3-5-7-15)19(13-21(20)29-2)30-23(27)16-8-10-17(24)11-9-16/h3-13H,14H2,1-2H3,(H,25,26). The third kappa shape index (κ3) is 5.10. The first-order chi connectivity index (χ1) is 14.5. The normalized spacial score (nSPS) is 10.2. The van der Waals surface area contributed by atoms with Crippen LogP contribution in [0.3, 0.4) is 0 Å². The summed E-state index contributed by atoms with van der Waals surface area (Å²) in [5, 5.41) is 3.32. The molecule has 1 N–H and O–H groups in total. The molecule has 7 heteroatoms. The molecule has 0 spiro atoms. The Morgan fingerprint density at radius 3 is 2.13 bits per heavy atom. The van der Waals surface area contributed by atoms with Gasteiger partial charge in [0.05, 0.1) is 25.3 Å². The minimum Gasteiger partial charge on any atom is -0.493 e. The smallest absolute Gasteiger partial charge is 0.343 e. The van der Waals surface area contributed by atoms with E-state index in [4.69, 9.17) is 25.8 Å². The van der Waals surface area contributed by atoms with E-state index in [1.54, 1.807) is 24.3 Å². The van der Waals surface area contributed by atoms with Crippen LogP contribution in [-0.4, -0.2) is 26.1 Å². The fourth-order valence-corrected chi connectivity index (χ4v) is 2.87. The van der Waals surface area contributed by atoms with E-state index in [1.165, 1.54) is 26.4 Å². The summed E-state index contributed by atoms with van der Waals surface area (Å²) in [5.41, 5.74) is 1.38. The van der Waals surface area contributed by atoms with Crippen LogP contribution in [0, 0.1) is 0 Å². The van der Waals surface area contributed by atoms with Crippen LogP contribution >= 0.6 is 11.6 Å². The first-order valence-electron chi connectivity index (χ1n) is 9.07. The van der Waals surface area contributed by atoms with Crippen LogP contribution in [-0.2, 0) is 6.54 Å². The van der Waals surface area contributed by atoms with Gasteiger partial charge in [-0.25, -0.2) is 4.79 Å². The van der Waals surface area contributed by atoms with E-state index in [1.807, 2.05) is 30.3 Å². The number of ether oxygens (including phenoxy) is 3. The van der Waals surface area contributed by atoms with E-state index >= 15 is 0 Å². The van der Waals surface area contributed by atoms with Crippen molar-refractivity contribution in [2.24, 2.45) is 0 Å². The van der Waals surface area contributed by atoms with Crippen LogP contribution in [0.25, 0.3) is 0 Å². The van der Waals surface area contributed by atoms with Gasteiger partial charge in [0.15, 0.2) is 11.5 Å². The van der Waals surface area contributed by atoms with Gasteiger partial charge >= 0.3 is 5.97 Å². The van der Waals surface area contributed by atoms with Crippen LogP contribution in [0.2, 0.25) is 5.02 Å². The second-order valence-corrected chi connectivity index (χ2v) is 6.70. The molecule has 3 aromatic carbocycles. The van der Waals surface area contributed by atoms with Gasteiger partial charge in [-0.2, -0.15) is 0 Å². The van der Waals surface area contributed by atoms with Gasteiger partial charge in [0.1, 0.15) is 5.75 Å². The number of benzene rings is 3. The number of hydrogen-bond donors (Lipinski definition) is 1. The molecule has 0 atom stereocenters. The molecule has 6 nitrogen and oxygen atoms in total. The fourth-order valence-electron chi connectivity index (χ4n) is 2.74. The molecule has 0 heterocycles. The lowest BCUT2D eigenvalue weighted by Crippen LogP contribution is -2.24. The van der Waals surface area contributed by atoms with E-state index in [2.05, 4.69) is 5.32 Å². The number of carbonyl (C=O) groups excluding carboxylic acids is 2. The lowest BCUT2D eigenvalue weighted by atomic mass is 10.1. The highest BCUT2D eigenvalue weighted by molar-refractivity contribution is 6.30. The predicted octanol–water partition coefficient (Wildman–Crippen LogP) is 4.51.